The van der Waals surface area contributed by atoms with Crippen molar-refractivity contribution in [3.8, 4) is 5.75 Å². The Hall–Kier alpha value is -7.68. The van der Waals surface area contributed by atoms with Crippen molar-refractivity contribution in [2.24, 2.45) is 0 Å². The number of benzene rings is 2. The van der Waals surface area contributed by atoms with Crippen LogP contribution in [0.1, 0.15) is 140 Å². The molecule has 5 amide bonds. The topological polar surface area (TPSA) is 253 Å². The van der Waals surface area contributed by atoms with E-state index in [9.17, 15) is 24.0 Å². The molecular weight excluding hydrogens is 1000 g/mol. The molecule has 1 aliphatic carbocycles. The van der Waals surface area contributed by atoms with E-state index in [2.05, 4.69) is 53.0 Å². The number of ether oxygens (including phenoxy) is 1. The van der Waals surface area contributed by atoms with E-state index in [0.717, 1.165) is 106 Å². The van der Waals surface area contributed by atoms with E-state index < -0.39 is 5.91 Å². The summed E-state index contributed by atoms with van der Waals surface area (Å²) in [6.45, 7) is 9.12. The fourth-order valence-corrected chi connectivity index (χ4v) is 11.0. The first-order valence-electron chi connectivity index (χ1n) is 28.0. The lowest BCUT2D eigenvalue weighted by atomic mass is 9.97. The number of piperidine rings is 1. The third-order valence-corrected chi connectivity index (χ3v) is 15.8. The fourth-order valence-electron chi connectivity index (χ4n) is 11.0. The standard InChI is InChI=1S/C58H79N15O6/c1-9-44-57(78)71(7)45-34-61-58(66-54(45)73(44)41-21-14-15-22-41)63-43-27-25-39(32-46(43)79-8)55(76)60-28-16-12-10-11-13-17-29-70(6)30-19-23-47(74)72-31-18-20-40(35-72)52-64-51(59)49-50(67-68-53(49)65-52)56(77)62-42-26-24-38(36(2)37(42)3)33-48(75)69(4)5/h19,23-27,32,34,40-41,44H,9-18,20-22,28-31,33,35H2,1-8H3,(H,60,76)(H,62,77)(H,61,63,66)(H3,59,64,65,67,68)/b23-19+/t40-,44?/m1/s1. The number of rotatable bonds is 23. The number of nitrogens with two attached hydrogens (primary N) is 1. The number of fused-ring (bicyclic) bond motifs is 2. The maximum Gasteiger partial charge on any atom is 0.274 e. The van der Waals surface area contributed by atoms with Gasteiger partial charge in [0.25, 0.3) is 11.8 Å². The Kier molecular flexibility index (Phi) is 19.2. The van der Waals surface area contributed by atoms with Gasteiger partial charge in [-0.2, -0.15) is 10.1 Å². The number of nitrogens with zero attached hydrogens (tertiary/aromatic N) is 10. The van der Waals surface area contributed by atoms with E-state index in [1.807, 2.05) is 37.8 Å². The number of amides is 5. The number of H-pyrrole nitrogens is 1. The molecule has 1 unspecified atom stereocenters. The zero-order valence-corrected chi connectivity index (χ0v) is 47.3. The van der Waals surface area contributed by atoms with Crippen LogP contribution in [0.4, 0.5) is 34.6 Å². The molecule has 5 aromatic rings. The van der Waals surface area contributed by atoms with Crippen molar-refractivity contribution in [2.75, 3.05) is 94.2 Å². The summed E-state index contributed by atoms with van der Waals surface area (Å²) < 4.78 is 5.70. The number of likely N-dealkylation sites (N-methyl/N-ethyl adjacent to an activating group) is 3. The number of carbonyl (C=O) groups excluding carboxylic acids is 5. The Morgan fingerprint density at radius 3 is 2.41 bits per heavy atom. The Labute approximate surface area is 463 Å². The van der Waals surface area contributed by atoms with E-state index >= 15 is 0 Å². The maximum absolute atomic E-state index is 13.5. The molecule has 2 atom stereocenters. The molecule has 21 heteroatoms. The summed E-state index contributed by atoms with van der Waals surface area (Å²) in [6, 6.07) is 8.93. The summed E-state index contributed by atoms with van der Waals surface area (Å²) in [5, 5.41) is 16.8. The second kappa shape index (κ2) is 26.3. The van der Waals surface area contributed by atoms with Gasteiger partial charge in [0.15, 0.2) is 11.5 Å². The van der Waals surface area contributed by atoms with Gasteiger partial charge >= 0.3 is 0 Å². The lowest BCUT2D eigenvalue weighted by Crippen LogP contribution is -2.55. The van der Waals surface area contributed by atoms with Crippen LogP contribution in [-0.2, 0) is 20.8 Å². The highest BCUT2D eigenvalue weighted by molar-refractivity contribution is 6.13. The molecule has 79 heavy (non-hydrogen) atoms. The molecule has 3 aromatic heterocycles. The van der Waals surface area contributed by atoms with Gasteiger partial charge in [-0.1, -0.05) is 57.6 Å². The number of carbonyl (C=O) groups is 5. The summed E-state index contributed by atoms with van der Waals surface area (Å²) in [6.07, 6.45) is 18.4. The number of aromatic nitrogens is 6. The van der Waals surface area contributed by atoms with Gasteiger partial charge in [0.05, 0.1) is 30.8 Å². The SMILES string of the molecule is CCC1C(=O)N(C)c2cnc(Nc3ccc(C(=O)NCCCCCCCCN(C)C/C=C/C(=O)N4CCC[C@@H](c5nc(N)c6c(C(=O)Nc7ccc(CC(=O)N(C)C)c(C)c7C)[nH]nc6n5)C4)cc3OC)nc2N1C1CCCC1. The van der Waals surface area contributed by atoms with Gasteiger partial charge in [0.2, 0.25) is 23.7 Å². The summed E-state index contributed by atoms with van der Waals surface area (Å²) in [5.41, 5.74) is 12.0. The van der Waals surface area contributed by atoms with Crippen LogP contribution >= 0.6 is 0 Å². The van der Waals surface area contributed by atoms with Gasteiger partial charge in [-0.3, -0.25) is 29.1 Å². The van der Waals surface area contributed by atoms with Crippen LogP contribution in [0, 0.1) is 13.8 Å². The number of hydrogen-bond acceptors (Lipinski definition) is 15. The van der Waals surface area contributed by atoms with Gasteiger partial charge in [-0.15, -0.1) is 0 Å². The minimum atomic E-state index is -0.439. The number of nitrogens with one attached hydrogen (secondary N) is 4. The number of methoxy groups -OCH3 is 1. The molecule has 2 aliphatic heterocycles. The van der Waals surface area contributed by atoms with Gasteiger partial charge in [0, 0.05) is 76.6 Å². The van der Waals surface area contributed by atoms with Crippen LogP contribution in [0.5, 0.6) is 5.75 Å². The van der Waals surface area contributed by atoms with Crippen molar-refractivity contribution in [3.63, 3.8) is 0 Å². The van der Waals surface area contributed by atoms with Gasteiger partial charge in [-0.05, 0) is 113 Å². The van der Waals surface area contributed by atoms with Gasteiger partial charge < -0.3 is 50.9 Å². The minimum Gasteiger partial charge on any atom is -0.495 e. The normalized spacial score (nSPS) is 16.7. The number of unbranched alkanes of at least 4 members (excludes halogenated alkanes) is 5. The third-order valence-electron chi connectivity index (χ3n) is 15.8. The van der Waals surface area contributed by atoms with Crippen LogP contribution in [0.3, 0.4) is 0 Å². The van der Waals surface area contributed by atoms with E-state index in [4.69, 9.17) is 20.4 Å². The Morgan fingerprint density at radius 1 is 0.911 bits per heavy atom. The second-order valence-electron chi connectivity index (χ2n) is 21.5. The first kappa shape index (κ1) is 57.5. The summed E-state index contributed by atoms with van der Waals surface area (Å²) in [4.78, 5) is 94.0. The molecular formula is C58H79N15O6. The van der Waals surface area contributed by atoms with Gasteiger partial charge in [0.1, 0.15) is 34.8 Å². The predicted octanol–water partition coefficient (Wildman–Crippen LogP) is 7.45. The van der Waals surface area contributed by atoms with Crippen molar-refractivity contribution in [2.45, 2.75) is 129 Å². The quantitative estimate of drug-likeness (QED) is 0.0315. The van der Waals surface area contributed by atoms with Crippen LogP contribution in [0.2, 0.25) is 0 Å². The Balaban J connectivity index is 0.716. The highest BCUT2D eigenvalue weighted by Gasteiger charge is 2.41. The number of nitrogen functional groups attached to an aromatic ring is 1. The molecule has 0 spiro atoms. The van der Waals surface area contributed by atoms with Crippen molar-refractivity contribution in [3.05, 3.63) is 82.5 Å². The van der Waals surface area contributed by atoms with Crippen LogP contribution in [-0.4, -0.2) is 154 Å². The predicted molar refractivity (Wildman–Crippen MR) is 308 cm³/mol. The Bertz CT molecular complexity index is 3040. The molecule has 5 heterocycles. The smallest absolute Gasteiger partial charge is 0.274 e. The summed E-state index contributed by atoms with van der Waals surface area (Å²) in [7, 11) is 8.87. The van der Waals surface area contributed by atoms with Crippen LogP contribution in [0.25, 0.3) is 11.0 Å². The molecule has 0 bridgehead atoms. The lowest BCUT2D eigenvalue weighted by Gasteiger charge is -2.43. The average molecular weight is 1080 g/mol. The van der Waals surface area contributed by atoms with Gasteiger partial charge in [-0.25, -0.2) is 15.0 Å². The van der Waals surface area contributed by atoms with Crippen LogP contribution in [0.15, 0.2) is 48.7 Å². The van der Waals surface area contributed by atoms with Crippen molar-refractivity contribution < 1.29 is 28.7 Å². The monoisotopic (exact) mass is 1080 g/mol. The second-order valence-corrected chi connectivity index (χ2v) is 21.5. The molecule has 0 radical (unpaired) electrons. The van der Waals surface area contributed by atoms with E-state index in [1.54, 1.807) is 74.6 Å². The van der Waals surface area contributed by atoms with Crippen molar-refractivity contribution in [1.82, 2.24) is 50.1 Å². The zero-order chi connectivity index (χ0) is 56.3. The number of anilines is 6. The van der Waals surface area contributed by atoms with E-state index in [-0.39, 0.29) is 65.2 Å². The van der Waals surface area contributed by atoms with E-state index in [1.165, 1.54) is 0 Å². The third kappa shape index (κ3) is 13.6. The number of likely N-dealkylation sites (tertiary alicyclic amines) is 1. The van der Waals surface area contributed by atoms with Crippen LogP contribution < -0.4 is 36.2 Å². The zero-order valence-electron chi connectivity index (χ0n) is 47.3. The molecule has 422 valence electrons. The summed E-state index contributed by atoms with van der Waals surface area (Å²) in [5.74, 6) is 1.54. The first-order valence-corrected chi connectivity index (χ1v) is 28.0. The molecule has 1 saturated heterocycles. The minimum absolute atomic E-state index is 0.00462. The lowest BCUT2D eigenvalue weighted by molar-refractivity contribution is -0.128. The highest BCUT2D eigenvalue weighted by Crippen LogP contribution is 2.41. The highest BCUT2D eigenvalue weighted by atomic mass is 16.5. The molecule has 8 rings (SSSR count). The fraction of sp³-hybridized carbons (Fsp3) is 0.517. The van der Waals surface area contributed by atoms with Crippen molar-refractivity contribution >= 4 is 75.2 Å². The number of aromatic amines is 1. The summed E-state index contributed by atoms with van der Waals surface area (Å²) >= 11 is 0. The van der Waals surface area contributed by atoms with Crippen molar-refractivity contribution in [1.29, 1.82) is 0 Å². The average Bonchev–Trinajstić information content (AvgIpc) is 4.30. The van der Waals surface area contributed by atoms with E-state index in [0.29, 0.717) is 78.1 Å². The molecule has 6 N–H and O–H groups in total. The largest absolute Gasteiger partial charge is 0.495 e. The molecule has 2 aromatic carbocycles. The molecule has 21 nitrogen and oxygen atoms in total. The molecule has 1 saturated carbocycles. The number of hydrogen-bond donors (Lipinski definition) is 5. The first-order chi connectivity index (χ1) is 38.1. The molecule has 2 fully saturated rings. The maximum atomic E-state index is 13.5. The molecule has 3 aliphatic rings. The Morgan fingerprint density at radius 2 is 1.66 bits per heavy atom.